The third kappa shape index (κ3) is 1.43. The molecule has 0 unspecified atom stereocenters. The van der Waals surface area contributed by atoms with E-state index < -0.39 is 0 Å². The monoisotopic (exact) mass is 312 g/mol. The molecule has 2 heteroatoms. The van der Waals surface area contributed by atoms with Gasteiger partial charge in [0.2, 0.25) is 0 Å². The zero-order chi connectivity index (χ0) is 12.1. The van der Waals surface area contributed by atoms with E-state index >= 15 is 0 Å². The first-order valence-corrected chi connectivity index (χ1v) is 7.48. The molecule has 0 amide bonds. The van der Waals surface area contributed by atoms with Crippen molar-refractivity contribution in [2.24, 2.45) is 0 Å². The quantitative estimate of drug-likeness (QED) is 0.351. The Hall–Kier alpha value is -1.38. The lowest BCUT2D eigenvalue weighted by Crippen LogP contribution is -1.78. The Morgan fingerprint density at radius 3 is 2.56 bits per heavy atom. The van der Waals surface area contributed by atoms with Crippen LogP contribution in [0.3, 0.4) is 0 Å². The number of fused-ring (bicyclic) bond motifs is 5. The smallest absolute Gasteiger partial charge is 0.0349 e. The van der Waals surface area contributed by atoms with Gasteiger partial charge in [-0.3, -0.25) is 0 Å². The van der Waals surface area contributed by atoms with Crippen LogP contribution in [0.2, 0.25) is 0 Å². The Balaban J connectivity index is 2.35. The van der Waals surface area contributed by atoms with Crippen LogP contribution in [0.1, 0.15) is 0 Å². The molecule has 0 atom stereocenters. The van der Waals surface area contributed by atoms with E-state index in [1.165, 1.54) is 31.6 Å². The van der Waals surface area contributed by atoms with Gasteiger partial charge in [-0.05, 0) is 51.2 Å². The van der Waals surface area contributed by atoms with Gasteiger partial charge in [-0.15, -0.1) is 11.3 Å². The average Bonchev–Trinajstić information content (AvgIpc) is 2.86. The van der Waals surface area contributed by atoms with Crippen LogP contribution in [0.25, 0.3) is 31.6 Å². The van der Waals surface area contributed by atoms with Gasteiger partial charge in [-0.1, -0.05) is 40.2 Å². The molecule has 0 fully saturated rings. The molecule has 18 heavy (non-hydrogen) atoms. The molecular formula is C16H9BrS. The average molecular weight is 313 g/mol. The third-order valence-electron chi connectivity index (χ3n) is 3.39. The lowest BCUT2D eigenvalue weighted by molar-refractivity contribution is 1.74. The predicted molar refractivity (Wildman–Crippen MR) is 84.5 cm³/mol. The van der Waals surface area contributed by atoms with Crippen LogP contribution in [-0.4, -0.2) is 0 Å². The Bertz CT molecular complexity index is 889. The summed E-state index contributed by atoms with van der Waals surface area (Å²) in [5.41, 5.74) is 0. The van der Waals surface area contributed by atoms with E-state index in [1.54, 1.807) is 11.3 Å². The lowest BCUT2D eigenvalue weighted by atomic mass is 9.99. The fourth-order valence-electron chi connectivity index (χ4n) is 2.58. The fraction of sp³-hybridized carbons (Fsp3) is 0. The minimum absolute atomic E-state index is 1.13. The Morgan fingerprint density at radius 2 is 1.61 bits per heavy atom. The summed E-state index contributed by atoms with van der Waals surface area (Å²) in [4.78, 5) is 0. The van der Waals surface area contributed by atoms with Crippen molar-refractivity contribution in [3.05, 3.63) is 58.4 Å². The molecule has 3 aromatic carbocycles. The van der Waals surface area contributed by atoms with Crippen molar-refractivity contribution >= 4 is 58.9 Å². The van der Waals surface area contributed by atoms with Crippen molar-refractivity contribution in [2.75, 3.05) is 0 Å². The third-order valence-corrected chi connectivity index (χ3v) is 4.77. The van der Waals surface area contributed by atoms with Gasteiger partial charge in [-0.25, -0.2) is 0 Å². The normalized spacial score (nSPS) is 11.6. The van der Waals surface area contributed by atoms with Crippen LogP contribution in [0.15, 0.2) is 58.4 Å². The SMILES string of the molecule is Brc1ccc2c(ccc3ccc4sccc4c32)c1. The standard InChI is InChI=1S/C16H9BrS/c17-12-4-5-13-11(9-12)2-1-10-3-6-15-14(16(10)13)7-8-18-15/h1-9H. The molecule has 0 aliphatic rings. The van der Waals surface area contributed by atoms with E-state index in [-0.39, 0.29) is 0 Å². The van der Waals surface area contributed by atoms with Gasteiger partial charge in [-0.2, -0.15) is 0 Å². The highest BCUT2D eigenvalue weighted by Gasteiger charge is 2.06. The molecule has 0 nitrogen and oxygen atoms in total. The number of benzene rings is 3. The first-order chi connectivity index (χ1) is 8.83. The molecule has 86 valence electrons. The summed E-state index contributed by atoms with van der Waals surface area (Å²) in [5.74, 6) is 0. The Morgan fingerprint density at radius 1 is 0.778 bits per heavy atom. The molecule has 0 aliphatic carbocycles. The summed E-state index contributed by atoms with van der Waals surface area (Å²) in [6, 6.07) is 17.6. The molecule has 0 saturated heterocycles. The number of hydrogen-bond donors (Lipinski definition) is 0. The lowest BCUT2D eigenvalue weighted by Gasteiger charge is -2.06. The zero-order valence-corrected chi connectivity index (χ0v) is 11.9. The van der Waals surface area contributed by atoms with E-state index in [0.717, 1.165) is 4.47 Å². The van der Waals surface area contributed by atoms with Crippen molar-refractivity contribution in [1.29, 1.82) is 0 Å². The summed E-state index contributed by atoms with van der Waals surface area (Å²) in [6.07, 6.45) is 0. The second kappa shape index (κ2) is 3.81. The van der Waals surface area contributed by atoms with E-state index in [0.29, 0.717) is 0 Å². The van der Waals surface area contributed by atoms with Crippen LogP contribution >= 0.6 is 27.3 Å². The van der Waals surface area contributed by atoms with Crippen LogP contribution in [0.5, 0.6) is 0 Å². The van der Waals surface area contributed by atoms with Gasteiger partial charge < -0.3 is 0 Å². The zero-order valence-electron chi connectivity index (χ0n) is 9.48. The molecule has 0 aliphatic heterocycles. The van der Waals surface area contributed by atoms with Crippen LogP contribution < -0.4 is 0 Å². The molecule has 0 saturated carbocycles. The van der Waals surface area contributed by atoms with Gasteiger partial charge in [0.1, 0.15) is 0 Å². The molecular weight excluding hydrogens is 304 g/mol. The van der Waals surface area contributed by atoms with Crippen molar-refractivity contribution < 1.29 is 0 Å². The Kier molecular flexibility index (Phi) is 2.23. The van der Waals surface area contributed by atoms with Crippen LogP contribution in [-0.2, 0) is 0 Å². The van der Waals surface area contributed by atoms with Gasteiger partial charge in [0, 0.05) is 14.6 Å². The van der Waals surface area contributed by atoms with E-state index in [4.69, 9.17) is 0 Å². The highest BCUT2D eigenvalue weighted by molar-refractivity contribution is 9.10. The summed E-state index contributed by atoms with van der Waals surface area (Å²) in [7, 11) is 0. The van der Waals surface area contributed by atoms with Gasteiger partial charge in [0.15, 0.2) is 0 Å². The van der Waals surface area contributed by atoms with Crippen molar-refractivity contribution in [1.82, 2.24) is 0 Å². The van der Waals surface area contributed by atoms with Gasteiger partial charge >= 0.3 is 0 Å². The largest absolute Gasteiger partial charge is 0.144 e. The molecule has 1 aromatic heterocycles. The van der Waals surface area contributed by atoms with Gasteiger partial charge in [0.05, 0.1) is 0 Å². The summed E-state index contributed by atoms with van der Waals surface area (Å²) < 4.78 is 2.49. The molecule has 0 N–H and O–H groups in total. The number of rotatable bonds is 0. The number of thiophene rings is 1. The Labute approximate surface area is 117 Å². The van der Waals surface area contributed by atoms with Crippen molar-refractivity contribution in [3.8, 4) is 0 Å². The topological polar surface area (TPSA) is 0 Å². The maximum atomic E-state index is 3.54. The summed E-state index contributed by atoms with van der Waals surface area (Å²) in [6.45, 7) is 0. The van der Waals surface area contributed by atoms with Crippen LogP contribution in [0.4, 0.5) is 0 Å². The predicted octanol–water partition coefficient (Wildman–Crippen LogP) is 5.97. The van der Waals surface area contributed by atoms with Crippen LogP contribution in [0, 0.1) is 0 Å². The van der Waals surface area contributed by atoms with Crippen molar-refractivity contribution in [3.63, 3.8) is 0 Å². The molecule has 1 heterocycles. The van der Waals surface area contributed by atoms with Gasteiger partial charge in [0.25, 0.3) is 0 Å². The molecule has 4 rings (SSSR count). The van der Waals surface area contributed by atoms with E-state index in [1.807, 2.05) is 0 Å². The highest BCUT2D eigenvalue weighted by Crippen LogP contribution is 2.35. The molecule has 4 aromatic rings. The summed E-state index contributed by atoms with van der Waals surface area (Å²) >= 11 is 5.35. The molecule has 0 radical (unpaired) electrons. The minimum Gasteiger partial charge on any atom is -0.144 e. The second-order valence-electron chi connectivity index (χ2n) is 4.43. The minimum atomic E-state index is 1.13. The molecule has 0 spiro atoms. The van der Waals surface area contributed by atoms with Crippen molar-refractivity contribution in [2.45, 2.75) is 0 Å². The highest BCUT2D eigenvalue weighted by atomic mass is 79.9. The first kappa shape index (κ1) is 10.5. The number of hydrogen-bond acceptors (Lipinski definition) is 1. The van der Waals surface area contributed by atoms with E-state index in [2.05, 4.69) is 69.8 Å². The molecule has 0 bridgehead atoms. The maximum absolute atomic E-state index is 3.54. The summed E-state index contributed by atoms with van der Waals surface area (Å²) in [5, 5.41) is 8.84. The fourth-order valence-corrected chi connectivity index (χ4v) is 3.75. The van der Waals surface area contributed by atoms with E-state index in [9.17, 15) is 0 Å². The maximum Gasteiger partial charge on any atom is 0.0349 e. The first-order valence-electron chi connectivity index (χ1n) is 5.81. The second-order valence-corrected chi connectivity index (χ2v) is 6.29. The number of halogens is 1.